The SMILES string of the molecule is CCCCCOB(N)OCc1ccccc1C. The molecule has 0 aliphatic heterocycles. The van der Waals surface area contributed by atoms with Crippen molar-refractivity contribution in [1.82, 2.24) is 0 Å². The summed E-state index contributed by atoms with van der Waals surface area (Å²) in [5.41, 5.74) is 8.08. The van der Waals surface area contributed by atoms with E-state index in [0.29, 0.717) is 13.2 Å². The summed E-state index contributed by atoms with van der Waals surface area (Å²) in [7, 11) is -0.619. The van der Waals surface area contributed by atoms with Crippen molar-refractivity contribution in [2.45, 2.75) is 39.7 Å². The van der Waals surface area contributed by atoms with Crippen LogP contribution in [0.4, 0.5) is 0 Å². The highest BCUT2D eigenvalue weighted by Gasteiger charge is 2.12. The van der Waals surface area contributed by atoms with Gasteiger partial charge in [-0.2, -0.15) is 0 Å². The van der Waals surface area contributed by atoms with Gasteiger partial charge < -0.3 is 15.0 Å². The molecule has 4 heteroatoms. The third kappa shape index (κ3) is 5.87. The van der Waals surface area contributed by atoms with Crippen molar-refractivity contribution in [2.75, 3.05) is 6.61 Å². The number of unbranched alkanes of at least 4 members (excludes halogenated alkanes) is 2. The van der Waals surface area contributed by atoms with Crippen LogP contribution in [0.25, 0.3) is 0 Å². The fourth-order valence-electron chi connectivity index (χ4n) is 1.54. The molecule has 0 spiro atoms. The maximum Gasteiger partial charge on any atom is 0.552 e. The zero-order valence-corrected chi connectivity index (χ0v) is 10.8. The second-order valence-electron chi connectivity index (χ2n) is 4.18. The van der Waals surface area contributed by atoms with Gasteiger partial charge in [0.25, 0.3) is 0 Å². The summed E-state index contributed by atoms with van der Waals surface area (Å²) in [6, 6.07) is 8.12. The number of hydrogen-bond acceptors (Lipinski definition) is 3. The van der Waals surface area contributed by atoms with Gasteiger partial charge in [-0.25, -0.2) is 0 Å². The summed E-state index contributed by atoms with van der Waals surface area (Å²) in [5.74, 6) is 0. The second kappa shape index (κ2) is 8.28. The molecule has 0 amide bonds. The topological polar surface area (TPSA) is 44.5 Å². The number of hydrogen-bond donors (Lipinski definition) is 1. The second-order valence-corrected chi connectivity index (χ2v) is 4.18. The van der Waals surface area contributed by atoms with E-state index in [-0.39, 0.29) is 0 Å². The molecule has 1 aromatic carbocycles. The molecule has 0 saturated heterocycles. The highest BCUT2D eigenvalue weighted by molar-refractivity contribution is 6.40. The lowest BCUT2D eigenvalue weighted by Crippen LogP contribution is -2.34. The summed E-state index contributed by atoms with van der Waals surface area (Å²) in [6.45, 7) is 5.39. The van der Waals surface area contributed by atoms with Gasteiger partial charge in [0.1, 0.15) is 0 Å². The van der Waals surface area contributed by atoms with Crippen LogP contribution in [-0.4, -0.2) is 13.9 Å². The molecule has 2 N–H and O–H groups in total. The molecule has 0 heterocycles. The van der Waals surface area contributed by atoms with E-state index in [9.17, 15) is 0 Å². The molecule has 3 nitrogen and oxygen atoms in total. The van der Waals surface area contributed by atoms with Gasteiger partial charge in [-0.05, 0) is 24.5 Å². The first-order valence-corrected chi connectivity index (χ1v) is 6.27. The van der Waals surface area contributed by atoms with Crippen LogP contribution >= 0.6 is 0 Å². The first kappa shape index (κ1) is 14.2. The fraction of sp³-hybridized carbons (Fsp3) is 0.538. The summed E-state index contributed by atoms with van der Waals surface area (Å²) in [6.07, 6.45) is 3.39. The predicted molar refractivity (Wildman–Crippen MR) is 71.4 cm³/mol. The summed E-state index contributed by atoms with van der Waals surface area (Å²) < 4.78 is 10.8. The zero-order valence-electron chi connectivity index (χ0n) is 10.8. The van der Waals surface area contributed by atoms with E-state index >= 15 is 0 Å². The minimum Gasteiger partial charge on any atom is -0.397 e. The third-order valence-electron chi connectivity index (χ3n) is 2.69. The molecule has 0 aliphatic carbocycles. The predicted octanol–water partition coefficient (Wildman–Crippen LogP) is 2.66. The van der Waals surface area contributed by atoms with E-state index < -0.39 is 7.25 Å². The third-order valence-corrected chi connectivity index (χ3v) is 2.69. The van der Waals surface area contributed by atoms with E-state index in [2.05, 4.69) is 19.9 Å². The molecule has 17 heavy (non-hydrogen) atoms. The van der Waals surface area contributed by atoms with Gasteiger partial charge >= 0.3 is 7.25 Å². The maximum absolute atomic E-state index is 5.71. The molecule has 0 fully saturated rings. The van der Waals surface area contributed by atoms with Crippen molar-refractivity contribution in [1.29, 1.82) is 0 Å². The smallest absolute Gasteiger partial charge is 0.397 e. The Kier molecular flexibility index (Phi) is 6.93. The zero-order chi connectivity index (χ0) is 12.5. The van der Waals surface area contributed by atoms with Crippen LogP contribution in [0, 0.1) is 6.92 Å². The van der Waals surface area contributed by atoms with Crippen molar-refractivity contribution in [3.05, 3.63) is 35.4 Å². The van der Waals surface area contributed by atoms with Crippen molar-refractivity contribution in [2.24, 2.45) is 5.64 Å². The van der Waals surface area contributed by atoms with Gasteiger partial charge in [0.05, 0.1) is 6.61 Å². The Morgan fingerprint density at radius 2 is 1.94 bits per heavy atom. The lowest BCUT2D eigenvalue weighted by Gasteiger charge is -2.11. The Morgan fingerprint density at radius 1 is 1.18 bits per heavy atom. The normalized spacial score (nSPS) is 10.5. The van der Waals surface area contributed by atoms with E-state index in [4.69, 9.17) is 15.0 Å². The molecule has 94 valence electrons. The lowest BCUT2D eigenvalue weighted by atomic mass is 10.1. The van der Waals surface area contributed by atoms with E-state index in [1.165, 1.54) is 18.4 Å². The van der Waals surface area contributed by atoms with Crippen molar-refractivity contribution >= 4 is 7.25 Å². The molecule has 0 aromatic heterocycles. The summed E-state index contributed by atoms with van der Waals surface area (Å²) in [5, 5.41) is 0. The Balaban J connectivity index is 2.19. The van der Waals surface area contributed by atoms with Gasteiger partial charge in [0.2, 0.25) is 0 Å². The summed E-state index contributed by atoms with van der Waals surface area (Å²) >= 11 is 0. The Bertz CT molecular complexity index is 320. The van der Waals surface area contributed by atoms with Gasteiger partial charge in [-0.15, -0.1) is 0 Å². The molecule has 0 radical (unpaired) electrons. The molecule has 0 atom stereocenters. The monoisotopic (exact) mass is 235 g/mol. The van der Waals surface area contributed by atoms with Gasteiger partial charge in [0, 0.05) is 6.61 Å². The highest BCUT2D eigenvalue weighted by Crippen LogP contribution is 2.08. The molecular formula is C13H22BNO2. The van der Waals surface area contributed by atoms with Gasteiger partial charge in [-0.3, -0.25) is 0 Å². The van der Waals surface area contributed by atoms with Crippen LogP contribution in [0.15, 0.2) is 24.3 Å². The van der Waals surface area contributed by atoms with Crippen LogP contribution < -0.4 is 5.64 Å². The number of nitrogens with two attached hydrogens (primary N) is 1. The van der Waals surface area contributed by atoms with Crippen LogP contribution in [0.2, 0.25) is 0 Å². The minimum absolute atomic E-state index is 0.502. The van der Waals surface area contributed by atoms with Crippen LogP contribution in [0.5, 0.6) is 0 Å². The molecule has 1 aromatic rings. The molecule has 0 unspecified atom stereocenters. The van der Waals surface area contributed by atoms with Crippen LogP contribution in [-0.2, 0) is 15.9 Å². The van der Waals surface area contributed by atoms with Gasteiger partial charge in [0.15, 0.2) is 0 Å². The highest BCUT2D eigenvalue weighted by atomic mass is 16.6. The number of rotatable bonds is 8. The quantitative estimate of drug-likeness (QED) is 0.556. The largest absolute Gasteiger partial charge is 0.552 e. The van der Waals surface area contributed by atoms with Crippen molar-refractivity contribution in [3.63, 3.8) is 0 Å². The minimum atomic E-state index is -0.619. The molecule has 0 bridgehead atoms. The maximum atomic E-state index is 5.71. The molecule has 0 saturated carbocycles. The lowest BCUT2D eigenvalue weighted by molar-refractivity contribution is 0.186. The van der Waals surface area contributed by atoms with E-state index in [1.54, 1.807) is 0 Å². The van der Waals surface area contributed by atoms with E-state index in [1.807, 2.05) is 18.2 Å². The summed E-state index contributed by atoms with van der Waals surface area (Å²) in [4.78, 5) is 0. The molecule has 0 aliphatic rings. The Morgan fingerprint density at radius 3 is 2.65 bits per heavy atom. The molecular weight excluding hydrogens is 213 g/mol. The molecule has 1 rings (SSSR count). The first-order chi connectivity index (χ1) is 8.24. The van der Waals surface area contributed by atoms with Crippen molar-refractivity contribution in [3.8, 4) is 0 Å². The van der Waals surface area contributed by atoms with Crippen molar-refractivity contribution < 1.29 is 9.31 Å². The first-order valence-electron chi connectivity index (χ1n) is 6.27. The Labute approximate surface area is 104 Å². The average molecular weight is 235 g/mol. The standard InChI is InChI=1S/C13H22BNO2/c1-3-4-7-10-16-14(15)17-11-13-9-6-5-8-12(13)2/h5-6,8-9H,3-4,7,10-11,15H2,1-2H3. The Hall–Kier alpha value is -0.835. The van der Waals surface area contributed by atoms with E-state index in [0.717, 1.165) is 12.0 Å². The van der Waals surface area contributed by atoms with Gasteiger partial charge in [-0.1, -0.05) is 44.0 Å². The number of benzene rings is 1. The van der Waals surface area contributed by atoms with Crippen LogP contribution in [0.3, 0.4) is 0 Å². The fourth-order valence-corrected chi connectivity index (χ4v) is 1.54. The number of aryl methyl sites for hydroxylation is 1. The average Bonchev–Trinajstić information content (AvgIpc) is 2.34. The van der Waals surface area contributed by atoms with Crippen LogP contribution in [0.1, 0.15) is 37.3 Å².